The molecule has 0 spiro atoms. The van der Waals surface area contributed by atoms with Crippen molar-refractivity contribution in [2.45, 2.75) is 6.18 Å². The van der Waals surface area contributed by atoms with Crippen LogP contribution in [0.1, 0.15) is 10.4 Å². The highest BCUT2D eigenvalue weighted by Crippen LogP contribution is 2.18. The van der Waals surface area contributed by atoms with Gasteiger partial charge < -0.3 is 15.1 Å². The molecule has 0 bridgehead atoms. The number of phenols is 1. The van der Waals surface area contributed by atoms with Gasteiger partial charge in [-0.05, 0) is 24.3 Å². The summed E-state index contributed by atoms with van der Waals surface area (Å²) in [5.74, 6) is -0.933. The fourth-order valence-electron chi connectivity index (χ4n) is 1.38. The second-order valence-electron chi connectivity index (χ2n) is 3.61. The van der Waals surface area contributed by atoms with Gasteiger partial charge in [0.2, 0.25) is 0 Å². The van der Waals surface area contributed by atoms with Crippen molar-refractivity contribution in [3.63, 3.8) is 0 Å². The van der Waals surface area contributed by atoms with E-state index in [0.717, 1.165) is 0 Å². The molecule has 0 heterocycles. The van der Waals surface area contributed by atoms with Crippen LogP contribution in [0.25, 0.3) is 0 Å². The van der Waals surface area contributed by atoms with E-state index in [9.17, 15) is 18.0 Å². The summed E-state index contributed by atoms with van der Waals surface area (Å²) in [6.45, 7) is -2.38. The van der Waals surface area contributed by atoms with Crippen molar-refractivity contribution in [1.82, 2.24) is 4.90 Å². The number of hydrogen-bond acceptors (Lipinski definition) is 3. The van der Waals surface area contributed by atoms with E-state index in [1.807, 2.05) is 0 Å². The number of carbonyl (C=O) groups excluding carboxylic acids is 1. The van der Waals surface area contributed by atoms with Crippen LogP contribution in [0.15, 0.2) is 24.3 Å². The molecule has 1 aromatic carbocycles. The van der Waals surface area contributed by atoms with Crippen LogP contribution >= 0.6 is 0 Å². The van der Waals surface area contributed by atoms with Gasteiger partial charge in [-0.1, -0.05) is 0 Å². The lowest BCUT2D eigenvalue weighted by Gasteiger charge is -2.23. The minimum atomic E-state index is -4.53. The molecule has 100 valence electrons. The highest BCUT2D eigenvalue weighted by Gasteiger charge is 2.33. The van der Waals surface area contributed by atoms with Crippen LogP contribution in [0.2, 0.25) is 0 Å². The summed E-state index contributed by atoms with van der Waals surface area (Å²) in [6, 6.07) is 4.85. The van der Waals surface area contributed by atoms with Crippen molar-refractivity contribution in [1.29, 1.82) is 0 Å². The second-order valence-corrected chi connectivity index (χ2v) is 3.61. The Kier molecular flexibility index (Phi) is 4.55. The number of halogens is 3. The van der Waals surface area contributed by atoms with Gasteiger partial charge in [0.25, 0.3) is 5.91 Å². The number of aliphatic hydroxyl groups excluding tert-OH is 1. The maximum Gasteiger partial charge on any atom is 0.406 e. The van der Waals surface area contributed by atoms with Crippen molar-refractivity contribution in [2.24, 2.45) is 0 Å². The Labute approximate surface area is 101 Å². The van der Waals surface area contributed by atoms with Crippen LogP contribution in [0.3, 0.4) is 0 Å². The Balaban J connectivity index is 2.85. The Morgan fingerprint density at radius 1 is 1.22 bits per heavy atom. The monoisotopic (exact) mass is 263 g/mol. The minimum Gasteiger partial charge on any atom is -0.508 e. The van der Waals surface area contributed by atoms with Gasteiger partial charge in [0.15, 0.2) is 0 Å². The number of nitrogens with zero attached hydrogens (tertiary/aromatic N) is 1. The predicted molar refractivity (Wildman–Crippen MR) is 57.2 cm³/mol. The lowest BCUT2D eigenvalue weighted by molar-refractivity contribution is -0.141. The van der Waals surface area contributed by atoms with E-state index in [-0.39, 0.29) is 11.3 Å². The van der Waals surface area contributed by atoms with E-state index in [0.29, 0.717) is 4.90 Å². The number of hydrogen-bond donors (Lipinski definition) is 2. The fourth-order valence-corrected chi connectivity index (χ4v) is 1.38. The first kappa shape index (κ1) is 14.3. The highest BCUT2D eigenvalue weighted by molar-refractivity contribution is 5.94. The lowest BCUT2D eigenvalue weighted by Crippen LogP contribution is -2.40. The van der Waals surface area contributed by atoms with Gasteiger partial charge in [-0.3, -0.25) is 4.79 Å². The van der Waals surface area contributed by atoms with Crippen LogP contribution in [0, 0.1) is 0 Å². The topological polar surface area (TPSA) is 60.8 Å². The Morgan fingerprint density at radius 3 is 2.22 bits per heavy atom. The standard InChI is InChI=1S/C11H12F3NO3/c12-11(13,14)7-15(5-6-16)10(18)8-1-3-9(17)4-2-8/h1-4,16-17H,5-7H2. The third-order valence-electron chi connectivity index (χ3n) is 2.14. The SMILES string of the molecule is O=C(c1ccc(O)cc1)N(CCO)CC(F)(F)F. The Morgan fingerprint density at radius 2 is 1.78 bits per heavy atom. The molecule has 0 aromatic heterocycles. The van der Waals surface area contributed by atoms with Gasteiger partial charge in [-0.25, -0.2) is 0 Å². The predicted octanol–water partition coefficient (Wildman–Crippen LogP) is 1.39. The number of alkyl halides is 3. The molecule has 0 aliphatic carbocycles. The van der Waals surface area contributed by atoms with Gasteiger partial charge in [0, 0.05) is 12.1 Å². The molecule has 0 saturated carbocycles. The third-order valence-corrected chi connectivity index (χ3v) is 2.14. The van der Waals surface area contributed by atoms with Crippen molar-refractivity contribution in [3.8, 4) is 5.75 Å². The molecule has 0 aliphatic heterocycles. The molecule has 0 fully saturated rings. The van der Waals surface area contributed by atoms with Gasteiger partial charge in [-0.2, -0.15) is 13.2 Å². The number of benzene rings is 1. The Bertz CT molecular complexity index is 403. The van der Waals surface area contributed by atoms with Crippen molar-refractivity contribution in [2.75, 3.05) is 19.7 Å². The molecule has 1 aromatic rings. The van der Waals surface area contributed by atoms with Crippen LogP contribution in [0.5, 0.6) is 5.75 Å². The van der Waals surface area contributed by atoms with E-state index >= 15 is 0 Å². The molecule has 0 aliphatic rings. The first-order chi connectivity index (χ1) is 8.33. The van der Waals surface area contributed by atoms with E-state index < -0.39 is 31.8 Å². The Hall–Kier alpha value is -1.76. The van der Waals surface area contributed by atoms with Gasteiger partial charge >= 0.3 is 6.18 Å². The van der Waals surface area contributed by atoms with Crippen LogP contribution in [0.4, 0.5) is 13.2 Å². The third kappa shape index (κ3) is 4.25. The van der Waals surface area contributed by atoms with Gasteiger partial charge in [-0.15, -0.1) is 0 Å². The zero-order valence-electron chi connectivity index (χ0n) is 9.31. The summed E-state index contributed by atoms with van der Waals surface area (Å²) in [6.07, 6.45) is -4.53. The maximum absolute atomic E-state index is 12.3. The van der Waals surface area contributed by atoms with E-state index in [1.54, 1.807) is 0 Å². The molecule has 18 heavy (non-hydrogen) atoms. The molecule has 4 nitrogen and oxygen atoms in total. The molecule has 0 unspecified atom stereocenters. The summed E-state index contributed by atoms with van der Waals surface area (Å²) in [5.41, 5.74) is 0.0190. The molecule has 1 rings (SSSR count). The first-order valence-electron chi connectivity index (χ1n) is 5.09. The van der Waals surface area contributed by atoms with E-state index in [2.05, 4.69) is 0 Å². The molecule has 7 heteroatoms. The van der Waals surface area contributed by atoms with Crippen LogP contribution in [-0.4, -0.2) is 46.9 Å². The summed E-state index contributed by atoms with van der Waals surface area (Å²) >= 11 is 0. The number of carbonyl (C=O) groups is 1. The number of aromatic hydroxyl groups is 1. The fraction of sp³-hybridized carbons (Fsp3) is 0.364. The molecule has 1 amide bonds. The summed E-state index contributed by atoms with van der Waals surface area (Å²) in [5, 5.41) is 17.7. The zero-order chi connectivity index (χ0) is 13.8. The first-order valence-corrected chi connectivity index (χ1v) is 5.09. The number of phenolic OH excluding ortho intramolecular Hbond substituents is 1. The molecular formula is C11H12F3NO3. The van der Waals surface area contributed by atoms with Crippen molar-refractivity contribution < 1.29 is 28.2 Å². The maximum atomic E-state index is 12.3. The highest BCUT2D eigenvalue weighted by atomic mass is 19.4. The van der Waals surface area contributed by atoms with Crippen molar-refractivity contribution >= 4 is 5.91 Å². The van der Waals surface area contributed by atoms with Crippen LogP contribution < -0.4 is 0 Å². The van der Waals surface area contributed by atoms with E-state index in [4.69, 9.17) is 10.2 Å². The second kappa shape index (κ2) is 5.72. The molecule has 0 atom stereocenters. The quantitative estimate of drug-likeness (QED) is 0.863. The number of amides is 1. The summed E-state index contributed by atoms with van der Waals surface area (Å²) in [4.78, 5) is 12.3. The molecule has 0 saturated heterocycles. The number of rotatable bonds is 4. The average Bonchev–Trinajstić information content (AvgIpc) is 2.27. The average molecular weight is 263 g/mol. The minimum absolute atomic E-state index is 0.0190. The van der Waals surface area contributed by atoms with E-state index in [1.165, 1.54) is 24.3 Å². The van der Waals surface area contributed by atoms with Gasteiger partial charge in [0.05, 0.1) is 6.61 Å². The van der Waals surface area contributed by atoms with Gasteiger partial charge in [0.1, 0.15) is 12.3 Å². The molecular weight excluding hydrogens is 251 g/mol. The normalized spacial score (nSPS) is 11.3. The van der Waals surface area contributed by atoms with Crippen molar-refractivity contribution in [3.05, 3.63) is 29.8 Å². The zero-order valence-corrected chi connectivity index (χ0v) is 9.31. The molecule has 0 radical (unpaired) electrons. The molecule has 2 N–H and O–H groups in total. The van der Waals surface area contributed by atoms with Crippen LogP contribution in [-0.2, 0) is 0 Å². The summed E-state index contributed by atoms with van der Waals surface area (Å²) < 4.78 is 36.8. The number of aliphatic hydroxyl groups is 1. The smallest absolute Gasteiger partial charge is 0.406 e. The summed E-state index contributed by atoms with van der Waals surface area (Å²) in [7, 11) is 0. The largest absolute Gasteiger partial charge is 0.508 e. The lowest BCUT2D eigenvalue weighted by atomic mass is 10.2.